The first-order valence-electron chi connectivity index (χ1n) is 7.15. The summed E-state index contributed by atoms with van der Waals surface area (Å²) in [6.07, 6.45) is 0. The molecule has 1 aromatic heterocycles. The molecule has 0 aliphatic heterocycles. The van der Waals surface area contributed by atoms with Crippen molar-refractivity contribution in [2.24, 2.45) is 0 Å². The van der Waals surface area contributed by atoms with Gasteiger partial charge in [0.2, 0.25) is 0 Å². The second-order valence-corrected chi connectivity index (χ2v) is 7.72. The molecule has 26 heavy (non-hydrogen) atoms. The molecule has 0 saturated carbocycles. The number of hydrogen-bond acceptors (Lipinski definition) is 5. The number of aromatic nitrogens is 1. The van der Waals surface area contributed by atoms with Gasteiger partial charge >= 0.3 is 0 Å². The number of thiazole rings is 1. The molecule has 1 heterocycles. The number of fused-ring (bicyclic) bond motifs is 1. The molecule has 1 amide bonds. The number of carbonyl (C=O) groups is 1. The fourth-order valence-electron chi connectivity index (χ4n) is 1.98. The minimum absolute atomic E-state index is 0.117. The predicted molar refractivity (Wildman–Crippen MR) is 111 cm³/mol. The van der Waals surface area contributed by atoms with E-state index >= 15 is 0 Å². The van der Waals surface area contributed by atoms with Crippen LogP contribution in [0.3, 0.4) is 0 Å². The van der Waals surface area contributed by atoms with Gasteiger partial charge in [-0.05, 0) is 48.6 Å². The third-order valence-electron chi connectivity index (χ3n) is 3.08. The maximum atomic E-state index is 11.9. The number of hydrogen-bond donors (Lipinski definition) is 2. The number of carbonyl (C=O) groups excluding carboxylic acids is 1. The molecular weight excluding hydrogens is 437 g/mol. The summed E-state index contributed by atoms with van der Waals surface area (Å²) in [6.45, 7) is -0.251. The zero-order valence-electron chi connectivity index (χ0n) is 12.9. The van der Waals surface area contributed by atoms with Crippen molar-refractivity contribution in [3.8, 4) is 5.75 Å². The zero-order valence-corrected chi connectivity index (χ0v) is 16.8. The highest BCUT2D eigenvalue weighted by molar-refractivity contribution is 7.80. The molecule has 0 fully saturated rings. The van der Waals surface area contributed by atoms with E-state index in [1.165, 1.54) is 17.4 Å². The number of amides is 1. The molecule has 0 bridgehead atoms. The Balaban J connectivity index is 1.54. The van der Waals surface area contributed by atoms with Gasteiger partial charge in [-0.25, -0.2) is 4.98 Å². The van der Waals surface area contributed by atoms with Gasteiger partial charge in [-0.2, -0.15) is 0 Å². The largest absolute Gasteiger partial charge is 0.482 e. The molecule has 0 aliphatic rings. The molecule has 2 aromatic carbocycles. The van der Waals surface area contributed by atoms with E-state index in [1.807, 2.05) is 12.1 Å². The van der Waals surface area contributed by atoms with E-state index in [2.05, 4.69) is 15.6 Å². The summed E-state index contributed by atoms with van der Waals surface area (Å²) >= 11 is 24.2. The average molecular weight is 447 g/mol. The quantitative estimate of drug-likeness (QED) is 0.543. The van der Waals surface area contributed by atoms with E-state index in [1.54, 1.807) is 18.2 Å². The highest BCUT2D eigenvalue weighted by atomic mass is 35.5. The molecule has 2 N–H and O–H groups in total. The molecule has 134 valence electrons. The van der Waals surface area contributed by atoms with Crippen molar-refractivity contribution < 1.29 is 9.53 Å². The summed E-state index contributed by atoms with van der Waals surface area (Å²) in [5.41, 5.74) is 0.789. The van der Waals surface area contributed by atoms with Crippen molar-refractivity contribution >= 4 is 84.7 Å². The van der Waals surface area contributed by atoms with Gasteiger partial charge < -0.3 is 10.1 Å². The van der Waals surface area contributed by atoms with Crippen molar-refractivity contribution in [1.82, 2.24) is 10.3 Å². The Kier molecular flexibility index (Phi) is 6.16. The lowest BCUT2D eigenvalue weighted by Gasteiger charge is -2.09. The summed E-state index contributed by atoms with van der Waals surface area (Å²) in [4.78, 5) is 16.3. The summed E-state index contributed by atoms with van der Waals surface area (Å²) in [5, 5.41) is 7.47. The Bertz CT molecular complexity index is 994. The molecule has 3 aromatic rings. The smallest absolute Gasteiger partial charge is 0.264 e. The number of anilines is 1. The lowest BCUT2D eigenvalue weighted by Crippen LogP contribution is -2.37. The van der Waals surface area contributed by atoms with Crippen LogP contribution in [0, 0.1) is 0 Å². The van der Waals surface area contributed by atoms with Crippen molar-refractivity contribution in [3.63, 3.8) is 0 Å². The predicted octanol–water partition coefficient (Wildman–Crippen LogP) is 5.15. The number of ether oxygens (including phenoxy) is 1. The third-order valence-corrected chi connectivity index (χ3v) is 4.98. The average Bonchev–Trinajstić information content (AvgIpc) is 2.95. The maximum Gasteiger partial charge on any atom is 0.264 e. The minimum atomic E-state index is -0.433. The zero-order chi connectivity index (χ0) is 18.7. The molecular formula is C16H10Cl3N3O2S2. The summed E-state index contributed by atoms with van der Waals surface area (Å²) < 4.78 is 6.26. The molecule has 0 atom stereocenters. The van der Waals surface area contributed by atoms with Crippen molar-refractivity contribution in [3.05, 3.63) is 51.5 Å². The molecule has 10 heteroatoms. The standard InChI is InChI=1S/C16H10Cl3N3O2S2/c17-8-2-4-12(10(19)5-8)24-7-14(23)21-15(25)22-16-20-11-3-1-9(18)6-13(11)26-16/h1-6H,7H2,(H2,20,21,22,23,25). The SMILES string of the molecule is O=C(COc1ccc(Cl)cc1Cl)NC(=S)Nc1nc2ccc(Cl)cc2s1. The highest BCUT2D eigenvalue weighted by Gasteiger charge is 2.10. The van der Waals surface area contributed by atoms with E-state index < -0.39 is 5.91 Å². The first-order chi connectivity index (χ1) is 12.4. The van der Waals surface area contributed by atoms with Crippen LogP contribution >= 0.6 is 58.4 Å². The van der Waals surface area contributed by atoms with Crippen LogP contribution in [0.4, 0.5) is 5.13 Å². The molecule has 5 nitrogen and oxygen atoms in total. The van der Waals surface area contributed by atoms with Gasteiger partial charge in [0.25, 0.3) is 5.91 Å². The maximum absolute atomic E-state index is 11.9. The van der Waals surface area contributed by atoms with Crippen LogP contribution in [0.2, 0.25) is 15.1 Å². The highest BCUT2D eigenvalue weighted by Crippen LogP contribution is 2.28. The van der Waals surface area contributed by atoms with Gasteiger partial charge in [0.1, 0.15) is 5.75 Å². The van der Waals surface area contributed by atoms with E-state index in [-0.39, 0.29) is 11.7 Å². The molecule has 0 aliphatic carbocycles. The van der Waals surface area contributed by atoms with Crippen LogP contribution in [0.5, 0.6) is 5.75 Å². The molecule has 0 radical (unpaired) electrons. The van der Waals surface area contributed by atoms with Gasteiger partial charge in [0.05, 0.1) is 15.2 Å². The molecule has 0 spiro atoms. The number of nitrogens with one attached hydrogen (secondary N) is 2. The number of halogens is 3. The fraction of sp³-hybridized carbons (Fsp3) is 0.0625. The number of nitrogens with zero attached hydrogens (tertiary/aromatic N) is 1. The molecule has 0 unspecified atom stereocenters. The van der Waals surface area contributed by atoms with Crippen LogP contribution < -0.4 is 15.4 Å². The second-order valence-electron chi connectivity index (χ2n) is 5.00. The lowest BCUT2D eigenvalue weighted by atomic mass is 10.3. The van der Waals surface area contributed by atoms with Gasteiger partial charge in [-0.15, -0.1) is 0 Å². The summed E-state index contributed by atoms with van der Waals surface area (Å²) in [5.74, 6) is -0.0779. The van der Waals surface area contributed by atoms with E-state index in [0.717, 1.165) is 10.2 Å². The Labute approximate surface area is 173 Å². The Morgan fingerprint density at radius 3 is 2.65 bits per heavy atom. The van der Waals surface area contributed by atoms with Crippen LogP contribution in [0.1, 0.15) is 0 Å². The van der Waals surface area contributed by atoms with Crippen LogP contribution in [0.15, 0.2) is 36.4 Å². The van der Waals surface area contributed by atoms with Gasteiger partial charge in [0.15, 0.2) is 16.9 Å². The van der Waals surface area contributed by atoms with E-state index in [9.17, 15) is 4.79 Å². The lowest BCUT2D eigenvalue weighted by molar-refractivity contribution is -0.121. The first kappa shape index (κ1) is 19.1. The Morgan fingerprint density at radius 1 is 1.15 bits per heavy atom. The van der Waals surface area contributed by atoms with E-state index in [0.29, 0.717) is 25.9 Å². The normalized spacial score (nSPS) is 10.6. The molecule has 3 rings (SSSR count). The van der Waals surface area contributed by atoms with Crippen LogP contribution in [-0.4, -0.2) is 22.6 Å². The van der Waals surface area contributed by atoms with Gasteiger partial charge in [0, 0.05) is 10.0 Å². The third kappa shape index (κ3) is 4.96. The monoisotopic (exact) mass is 445 g/mol. The number of rotatable bonds is 4. The number of thiocarbonyl (C=S) groups is 1. The minimum Gasteiger partial charge on any atom is -0.482 e. The van der Waals surface area contributed by atoms with Crippen LogP contribution in [-0.2, 0) is 4.79 Å². The number of benzene rings is 2. The first-order valence-corrected chi connectivity index (χ1v) is 9.51. The summed E-state index contributed by atoms with van der Waals surface area (Å²) in [6, 6.07) is 10.1. The van der Waals surface area contributed by atoms with Crippen molar-refractivity contribution in [1.29, 1.82) is 0 Å². The second kappa shape index (κ2) is 8.37. The Morgan fingerprint density at radius 2 is 1.88 bits per heavy atom. The van der Waals surface area contributed by atoms with Crippen molar-refractivity contribution in [2.75, 3.05) is 11.9 Å². The van der Waals surface area contributed by atoms with Crippen LogP contribution in [0.25, 0.3) is 10.2 Å². The Hall–Kier alpha value is -1.64. The van der Waals surface area contributed by atoms with Gasteiger partial charge in [-0.3, -0.25) is 10.1 Å². The molecule has 0 saturated heterocycles. The fourth-order valence-corrected chi connectivity index (χ4v) is 3.86. The summed E-state index contributed by atoms with van der Waals surface area (Å²) in [7, 11) is 0. The van der Waals surface area contributed by atoms with E-state index in [4.69, 9.17) is 51.8 Å². The van der Waals surface area contributed by atoms with Gasteiger partial charge in [-0.1, -0.05) is 46.1 Å². The van der Waals surface area contributed by atoms with Crippen molar-refractivity contribution in [2.45, 2.75) is 0 Å². The topological polar surface area (TPSA) is 63.2 Å².